The maximum Gasteiger partial charge on any atom is 0.345 e. The zero-order valence-electron chi connectivity index (χ0n) is 13.1. The highest BCUT2D eigenvalue weighted by molar-refractivity contribution is 7.55. The number of ether oxygens (including phenoxy) is 1. The second-order valence-electron chi connectivity index (χ2n) is 5.61. The number of rotatable bonds is 6. The molecule has 116 valence electrons. The summed E-state index contributed by atoms with van der Waals surface area (Å²) in [5.74, 6) is -0.841. The molecule has 0 aliphatic carbocycles. The molecular formula is C14H25O5P. The van der Waals surface area contributed by atoms with E-state index in [4.69, 9.17) is 13.8 Å². The first-order valence-corrected chi connectivity index (χ1v) is 8.55. The first kappa shape index (κ1) is 17.4. The van der Waals surface area contributed by atoms with Crippen LogP contribution in [0.25, 0.3) is 0 Å². The van der Waals surface area contributed by atoms with Crippen LogP contribution in [-0.4, -0.2) is 30.4 Å². The molecule has 1 heterocycles. The number of hydrogen-bond acceptors (Lipinski definition) is 5. The van der Waals surface area contributed by atoms with Gasteiger partial charge in [0.15, 0.2) is 5.66 Å². The molecule has 1 saturated heterocycles. The van der Waals surface area contributed by atoms with Crippen LogP contribution in [0.2, 0.25) is 0 Å². The van der Waals surface area contributed by atoms with Gasteiger partial charge in [0.25, 0.3) is 0 Å². The second-order valence-corrected chi connectivity index (χ2v) is 7.77. The summed E-state index contributed by atoms with van der Waals surface area (Å²) in [6.07, 6.45) is 1.92. The SMILES string of the molecule is CCOP(=O)(OCC)[C@H]1C(=O)OC(C)(C)[C@@H]1C=C(C)C. The Morgan fingerprint density at radius 1 is 1.30 bits per heavy atom. The predicted molar refractivity (Wildman–Crippen MR) is 77.7 cm³/mol. The molecule has 6 heteroatoms. The van der Waals surface area contributed by atoms with E-state index in [1.54, 1.807) is 13.8 Å². The minimum atomic E-state index is -3.53. The lowest BCUT2D eigenvalue weighted by molar-refractivity contribution is -0.146. The molecule has 0 unspecified atom stereocenters. The van der Waals surface area contributed by atoms with Crippen molar-refractivity contribution in [1.82, 2.24) is 0 Å². The third kappa shape index (κ3) is 3.51. The highest BCUT2D eigenvalue weighted by Crippen LogP contribution is 2.60. The Morgan fingerprint density at radius 2 is 1.80 bits per heavy atom. The largest absolute Gasteiger partial charge is 0.458 e. The van der Waals surface area contributed by atoms with Gasteiger partial charge < -0.3 is 13.8 Å². The highest BCUT2D eigenvalue weighted by Gasteiger charge is 2.58. The van der Waals surface area contributed by atoms with Crippen molar-refractivity contribution in [2.24, 2.45) is 5.92 Å². The van der Waals surface area contributed by atoms with Crippen LogP contribution in [-0.2, 0) is 23.1 Å². The van der Waals surface area contributed by atoms with E-state index in [9.17, 15) is 9.36 Å². The van der Waals surface area contributed by atoms with Crippen molar-refractivity contribution in [3.8, 4) is 0 Å². The lowest BCUT2D eigenvalue weighted by Gasteiger charge is -2.28. The summed E-state index contributed by atoms with van der Waals surface area (Å²) in [5, 5.41) is 0. The number of carbonyl (C=O) groups is 1. The minimum absolute atomic E-state index is 0.225. The molecule has 2 atom stereocenters. The predicted octanol–water partition coefficient (Wildman–Crippen LogP) is 3.54. The Balaban J connectivity index is 3.26. The van der Waals surface area contributed by atoms with Crippen LogP contribution in [0, 0.1) is 5.92 Å². The van der Waals surface area contributed by atoms with Gasteiger partial charge in [-0.25, -0.2) is 0 Å². The molecule has 1 rings (SSSR count). The topological polar surface area (TPSA) is 61.8 Å². The summed E-state index contributed by atoms with van der Waals surface area (Å²) in [5.41, 5.74) is -0.582. The maximum absolute atomic E-state index is 12.9. The number of carbonyl (C=O) groups excluding carboxylic acids is 1. The molecule has 0 aromatic heterocycles. The second kappa shape index (κ2) is 6.42. The van der Waals surface area contributed by atoms with Crippen LogP contribution in [0.1, 0.15) is 41.5 Å². The number of allylic oxidation sites excluding steroid dienone is 1. The monoisotopic (exact) mass is 304 g/mol. The zero-order valence-corrected chi connectivity index (χ0v) is 14.0. The standard InChI is InChI=1S/C14H25O5P/c1-7-17-20(16,18-8-2)12-11(9-10(3)4)14(5,6)19-13(12)15/h9,11-12H,7-8H2,1-6H3/t11-,12-/m1/s1. The van der Waals surface area contributed by atoms with Crippen LogP contribution in [0.4, 0.5) is 0 Å². The summed E-state index contributed by atoms with van der Waals surface area (Å²) in [4.78, 5) is 12.2. The Morgan fingerprint density at radius 3 is 2.20 bits per heavy atom. The van der Waals surface area contributed by atoms with Crippen LogP contribution < -0.4 is 0 Å². The summed E-state index contributed by atoms with van der Waals surface area (Å²) in [7, 11) is -3.53. The van der Waals surface area contributed by atoms with Crippen molar-refractivity contribution < 1.29 is 23.1 Å². The van der Waals surface area contributed by atoms with Gasteiger partial charge in [0, 0.05) is 5.92 Å². The normalized spacial score (nSPS) is 25.4. The molecule has 0 amide bonds. The van der Waals surface area contributed by atoms with Crippen molar-refractivity contribution in [1.29, 1.82) is 0 Å². The Hall–Kier alpha value is -0.640. The quantitative estimate of drug-likeness (QED) is 0.427. The van der Waals surface area contributed by atoms with Gasteiger partial charge in [-0.05, 0) is 41.5 Å². The summed E-state index contributed by atoms with van der Waals surface area (Å²) >= 11 is 0. The van der Waals surface area contributed by atoms with E-state index >= 15 is 0 Å². The van der Waals surface area contributed by atoms with E-state index in [-0.39, 0.29) is 19.1 Å². The van der Waals surface area contributed by atoms with Gasteiger partial charge in [-0.1, -0.05) is 11.6 Å². The Kier molecular flexibility index (Phi) is 5.59. The lowest BCUT2D eigenvalue weighted by Crippen LogP contribution is -2.32. The molecule has 0 radical (unpaired) electrons. The molecule has 1 aliphatic rings. The lowest BCUT2D eigenvalue weighted by atomic mass is 9.89. The molecule has 1 fully saturated rings. The average Bonchev–Trinajstić information content (AvgIpc) is 2.48. The fourth-order valence-electron chi connectivity index (χ4n) is 2.45. The van der Waals surface area contributed by atoms with Crippen molar-refractivity contribution in [2.75, 3.05) is 13.2 Å². The van der Waals surface area contributed by atoms with Gasteiger partial charge in [0.1, 0.15) is 5.60 Å². The van der Waals surface area contributed by atoms with Crippen molar-refractivity contribution in [3.05, 3.63) is 11.6 Å². The van der Waals surface area contributed by atoms with Crippen molar-refractivity contribution >= 4 is 13.6 Å². The van der Waals surface area contributed by atoms with Gasteiger partial charge in [-0.2, -0.15) is 0 Å². The van der Waals surface area contributed by atoms with E-state index in [2.05, 4.69) is 0 Å². The van der Waals surface area contributed by atoms with Gasteiger partial charge in [-0.15, -0.1) is 0 Å². The van der Waals surface area contributed by atoms with Gasteiger partial charge in [0.05, 0.1) is 13.2 Å². The molecule has 0 saturated carbocycles. The molecule has 0 bridgehead atoms. The molecule has 0 aromatic rings. The third-order valence-corrected chi connectivity index (χ3v) is 5.67. The summed E-state index contributed by atoms with van der Waals surface area (Å²) in [6, 6.07) is 0. The van der Waals surface area contributed by atoms with E-state index in [0.29, 0.717) is 0 Å². The first-order valence-electron chi connectivity index (χ1n) is 6.94. The third-order valence-electron chi connectivity index (χ3n) is 3.22. The molecule has 0 aromatic carbocycles. The molecule has 20 heavy (non-hydrogen) atoms. The Labute approximate surface area is 121 Å². The molecule has 0 spiro atoms. The van der Waals surface area contributed by atoms with Crippen LogP contribution in [0.3, 0.4) is 0 Å². The van der Waals surface area contributed by atoms with Gasteiger partial charge >= 0.3 is 13.6 Å². The number of hydrogen-bond donors (Lipinski definition) is 0. The average molecular weight is 304 g/mol. The smallest absolute Gasteiger partial charge is 0.345 e. The van der Waals surface area contributed by atoms with E-state index in [1.165, 1.54) is 0 Å². The van der Waals surface area contributed by atoms with Crippen LogP contribution in [0.5, 0.6) is 0 Å². The zero-order chi connectivity index (χ0) is 15.6. The maximum atomic E-state index is 12.9. The molecule has 5 nitrogen and oxygen atoms in total. The summed E-state index contributed by atoms with van der Waals surface area (Å²) in [6.45, 7) is 11.4. The van der Waals surface area contributed by atoms with Crippen molar-refractivity contribution in [2.45, 2.75) is 52.8 Å². The molecule has 1 aliphatic heterocycles. The van der Waals surface area contributed by atoms with Crippen molar-refractivity contribution in [3.63, 3.8) is 0 Å². The molecule has 0 N–H and O–H groups in total. The van der Waals surface area contributed by atoms with Gasteiger partial charge in [0.2, 0.25) is 0 Å². The minimum Gasteiger partial charge on any atom is -0.458 e. The van der Waals surface area contributed by atoms with E-state index < -0.39 is 24.8 Å². The van der Waals surface area contributed by atoms with E-state index in [0.717, 1.165) is 5.57 Å². The highest BCUT2D eigenvalue weighted by atomic mass is 31.2. The Bertz CT molecular complexity index is 427. The first-order chi connectivity index (χ1) is 9.18. The van der Waals surface area contributed by atoms with Gasteiger partial charge in [-0.3, -0.25) is 9.36 Å². The fraction of sp³-hybridized carbons (Fsp3) is 0.786. The van der Waals surface area contributed by atoms with Crippen LogP contribution in [0.15, 0.2) is 11.6 Å². The fourth-order valence-corrected chi connectivity index (χ4v) is 4.71. The number of cyclic esters (lactones) is 1. The van der Waals surface area contributed by atoms with E-state index in [1.807, 2.05) is 33.8 Å². The van der Waals surface area contributed by atoms with Crippen LogP contribution >= 0.6 is 7.60 Å². The number of esters is 1. The molecular weight excluding hydrogens is 279 g/mol. The summed E-state index contributed by atoms with van der Waals surface area (Å²) < 4.78 is 29.0.